The Bertz CT molecular complexity index is 1790. The standard InChI is InChI=1S/C31H34ClF2N5O7/c1-6-44-31(43)19-13-39(28-21(34)8-22(27(35)36-28)37-9-16(10-37)45-29(41)14(2)3)24-18(26(19)40)7-20(33)25(23(24)32)38-11-17(12-38)46-30(42)15(4)5/h7-8,13-17H,6,9-12H2,1-5H3,(H2,35,36). The van der Waals surface area contributed by atoms with Gasteiger partial charge in [0, 0.05) is 12.3 Å². The van der Waals surface area contributed by atoms with E-state index >= 15 is 8.78 Å². The first-order valence-corrected chi connectivity index (χ1v) is 15.2. The van der Waals surface area contributed by atoms with Crippen LogP contribution in [0.15, 0.2) is 23.1 Å². The number of hydrogen-bond acceptors (Lipinski definition) is 11. The van der Waals surface area contributed by atoms with Crippen LogP contribution in [0.5, 0.6) is 0 Å². The summed E-state index contributed by atoms with van der Waals surface area (Å²) in [6, 6.07) is 2.05. The van der Waals surface area contributed by atoms with Crippen LogP contribution in [0.2, 0.25) is 5.02 Å². The zero-order valence-corrected chi connectivity index (χ0v) is 26.7. The fraction of sp³-hybridized carbons (Fsp3) is 0.452. The van der Waals surface area contributed by atoms with E-state index in [4.69, 9.17) is 31.5 Å². The lowest BCUT2D eigenvalue weighted by molar-refractivity contribution is -0.154. The molecule has 1 aromatic carbocycles. The molecule has 246 valence electrons. The molecule has 2 saturated heterocycles. The monoisotopic (exact) mass is 661 g/mol. The third-order valence-corrected chi connectivity index (χ3v) is 8.07. The van der Waals surface area contributed by atoms with E-state index < -0.39 is 52.6 Å². The summed E-state index contributed by atoms with van der Waals surface area (Å²) in [4.78, 5) is 57.6. The molecule has 46 heavy (non-hydrogen) atoms. The topological polar surface area (TPSA) is 146 Å². The maximum atomic E-state index is 15.9. The number of halogens is 3. The van der Waals surface area contributed by atoms with Gasteiger partial charge in [0.15, 0.2) is 11.6 Å². The van der Waals surface area contributed by atoms with E-state index in [1.165, 1.54) is 4.90 Å². The molecule has 2 fully saturated rings. The number of esters is 3. The van der Waals surface area contributed by atoms with E-state index in [-0.39, 0.29) is 83.7 Å². The predicted molar refractivity (Wildman–Crippen MR) is 166 cm³/mol. The molecule has 0 atom stereocenters. The second-order valence-electron chi connectivity index (χ2n) is 11.8. The number of pyridine rings is 2. The second-order valence-corrected chi connectivity index (χ2v) is 12.2. The molecule has 2 N–H and O–H groups in total. The molecule has 0 saturated carbocycles. The Labute approximate surface area is 267 Å². The number of nitrogens with two attached hydrogens (primary N) is 1. The first-order valence-electron chi connectivity index (χ1n) is 14.8. The van der Waals surface area contributed by atoms with Gasteiger partial charge in [-0.1, -0.05) is 39.3 Å². The molecule has 0 aliphatic carbocycles. The van der Waals surface area contributed by atoms with Crippen molar-refractivity contribution < 1.29 is 37.4 Å². The zero-order valence-electron chi connectivity index (χ0n) is 25.9. The number of anilines is 3. The molecule has 0 spiro atoms. The number of rotatable bonds is 9. The molecule has 0 unspecified atom stereocenters. The van der Waals surface area contributed by atoms with Gasteiger partial charge in [-0.05, 0) is 13.0 Å². The van der Waals surface area contributed by atoms with Crippen molar-refractivity contribution in [3.05, 3.63) is 50.8 Å². The SMILES string of the molecule is CCOC(=O)c1cn(-c2nc(N)c(N3CC(OC(=O)C(C)C)C3)cc2F)c2c(Cl)c(N3CC(OC(=O)C(C)C)C3)c(F)cc2c1=O. The van der Waals surface area contributed by atoms with Crippen molar-refractivity contribution in [3.63, 3.8) is 0 Å². The van der Waals surface area contributed by atoms with Gasteiger partial charge in [-0.3, -0.25) is 19.0 Å². The minimum absolute atomic E-state index is 0.0561. The number of aromatic nitrogens is 2. The van der Waals surface area contributed by atoms with Gasteiger partial charge in [-0.15, -0.1) is 0 Å². The number of carbonyl (C=O) groups excluding carboxylic acids is 3. The molecule has 2 aliphatic rings. The van der Waals surface area contributed by atoms with Crippen LogP contribution < -0.4 is 21.0 Å². The normalized spacial score (nSPS) is 15.3. The number of hydrogen-bond donors (Lipinski definition) is 1. The maximum Gasteiger partial charge on any atom is 0.343 e. The quantitative estimate of drug-likeness (QED) is 0.264. The zero-order chi connectivity index (χ0) is 33.6. The number of carbonyl (C=O) groups is 3. The van der Waals surface area contributed by atoms with Gasteiger partial charge < -0.3 is 29.7 Å². The van der Waals surface area contributed by atoms with Crippen LogP contribution in [-0.2, 0) is 23.8 Å². The van der Waals surface area contributed by atoms with E-state index in [0.29, 0.717) is 0 Å². The van der Waals surface area contributed by atoms with E-state index in [1.54, 1.807) is 39.5 Å². The van der Waals surface area contributed by atoms with E-state index in [0.717, 1.165) is 22.9 Å². The van der Waals surface area contributed by atoms with E-state index in [2.05, 4.69) is 4.98 Å². The van der Waals surface area contributed by atoms with Crippen molar-refractivity contribution in [3.8, 4) is 5.82 Å². The smallest absolute Gasteiger partial charge is 0.343 e. The number of fused-ring (bicyclic) bond motifs is 1. The molecular weight excluding hydrogens is 628 g/mol. The van der Waals surface area contributed by atoms with Crippen molar-refractivity contribution >= 4 is 57.6 Å². The molecule has 3 aromatic rings. The number of ether oxygens (including phenoxy) is 3. The number of nitrogen functional groups attached to an aromatic ring is 1. The van der Waals surface area contributed by atoms with Gasteiger partial charge in [-0.2, -0.15) is 0 Å². The Balaban J connectivity index is 1.57. The van der Waals surface area contributed by atoms with Crippen LogP contribution in [0.1, 0.15) is 45.0 Å². The molecule has 2 aliphatic heterocycles. The number of benzene rings is 1. The first kappa shape index (κ1) is 32.9. The van der Waals surface area contributed by atoms with Crippen molar-refractivity contribution in [1.29, 1.82) is 0 Å². The van der Waals surface area contributed by atoms with Gasteiger partial charge >= 0.3 is 17.9 Å². The lowest BCUT2D eigenvalue weighted by atomic mass is 10.1. The van der Waals surface area contributed by atoms with Gasteiger partial charge in [0.05, 0.1) is 71.9 Å². The highest BCUT2D eigenvalue weighted by molar-refractivity contribution is 6.38. The Hall–Kier alpha value is -4.46. The van der Waals surface area contributed by atoms with Crippen molar-refractivity contribution in [2.75, 3.05) is 48.3 Å². The van der Waals surface area contributed by atoms with Crippen LogP contribution in [0.4, 0.5) is 26.0 Å². The third kappa shape index (κ3) is 6.05. The third-order valence-electron chi connectivity index (χ3n) is 7.71. The van der Waals surface area contributed by atoms with Gasteiger partial charge in [-0.25, -0.2) is 18.6 Å². The van der Waals surface area contributed by atoms with Gasteiger partial charge in [0.1, 0.15) is 29.4 Å². The van der Waals surface area contributed by atoms with Crippen LogP contribution in [0.25, 0.3) is 16.7 Å². The average Bonchev–Trinajstić information content (AvgIpc) is 2.94. The summed E-state index contributed by atoms with van der Waals surface area (Å²) in [7, 11) is 0. The second kappa shape index (κ2) is 12.7. The summed E-state index contributed by atoms with van der Waals surface area (Å²) >= 11 is 6.77. The molecule has 0 amide bonds. The van der Waals surface area contributed by atoms with Gasteiger partial charge in [0.2, 0.25) is 5.43 Å². The summed E-state index contributed by atoms with van der Waals surface area (Å²) in [6.07, 6.45) is 0.139. The molecule has 15 heteroatoms. The Morgan fingerprint density at radius 3 is 2.09 bits per heavy atom. The highest BCUT2D eigenvalue weighted by Crippen LogP contribution is 2.40. The van der Waals surface area contributed by atoms with Crippen LogP contribution in [0, 0.1) is 23.5 Å². The average molecular weight is 662 g/mol. The summed E-state index contributed by atoms with van der Waals surface area (Å²) < 4.78 is 48.4. The highest BCUT2D eigenvalue weighted by Gasteiger charge is 2.36. The van der Waals surface area contributed by atoms with Crippen LogP contribution in [0.3, 0.4) is 0 Å². The molecule has 0 bridgehead atoms. The minimum atomic E-state index is -1.01. The summed E-state index contributed by atoms with van der Waals surface area (Å²) in [5.74, 6) is -4.66. The lowest BCUT2D eigenvalue weighted by Crippen LogP contribution is -2.53. The minimum Gasteiger partial charge on any atom is -0.462 e. The largest absolute Gasteiger partial charge is 0.462 e. The fourth-order valence-electron chi connectivity index (χ4n) is 5.13. The summed E-state index contributed by atoms with van der Waals surface area (Å²) in [5.41, 5.74) is 4.91. The molecule has 12 nitrogen and oxygen atoms in total. The molecular formula is C31H34ClF2N5O7. The van der Waals surface area contributed by atoms with Crippen molar-refractivity contribution in [2.24, 2.45) is 11.8 Å². The van der Waals surface area contributed by atoms with Gasteiger partial charge in [0.25, 0.3) is 0 Å². The maximum absolute atomic E-state index is 15.9. The summed E-state index contributed by atoms with van der Waals surface area (Å²) in [6.45, 7) is 9.12. The predicted octanol–water partition coefficient (Wildman–Crippen LogP) is 3.85. The van der Waals surface area contributed by atoms with Crippen molar-refractivity contribution in [2.45, 2.75) is 46.8 Å². The van der Waals surface area contributed by atoms with Crippen LogP contribution >= 0.6 is 11.6 Å². The Kier molecular flexibility index (Phi) is 9.12. The summed E-state index contributed by atoms with van der Waals surface area (Å²) in [5, 5.41) is -0.570. The van der Waals surface area contributed by atoms with E-state index in [1.807, 2.05) is 0 Å². The molecule has 2 aromatic heterocycles. The molecule has 4 heterocycles. The Morgan fingerprint density at radius 2 is 1.54 bits per heavy atom. The van der Waals surface area contributed by atoms with Crippen LogP contribution in [-0.4, -0.2) is 72.5 Å². The fourth-order valence-corrected chi connectivity index (χ4v) is 5.53. The molecule has 5 rings (SSSR count). The van der Waals surface area contributed by atoms with Crippen molar-refractivity contribution in [1.82, 2.24) is 9.55 Å². The molecule has 0 radical (unpaired) electrons. The Morgan fingerprint density at radius 1 is 0.978 bits per heavy atom. The number of nitrogens with zero attached hydrogens (tertiary/aromatic N) is 4. The lowest BCUT2D eigenvalue weighted by Gasteiger charge is -2.41. The van der Waals surface area contributed by atoms with E-state index in [9.17, 15) is 19.2 Å². The first-order chi connectivity index (χ1) is 21.7. The highest BCUT2D eigenvalue weighted by atomic mass is 35.5.